The summed E-state index contributed by atoms with van der Waals surface area (Å²) in [6.07, 6.45) is 10.9. The number of rotatable bonds is 2. The van der Waals surface area contributed by atoms with Gasteiger partial charge in [-0.25, -0.2) is 4.99 Å². The zero-order chi connectivity index (χ0) is 22.0. The van der Waals surface area contributed by atoms with E-state index >= 15 is 0 Å². The van der Waals surface area contributed by atoms with Gasteiger partial charge >= 0.3 is 0 Å². The average molecular weight is 419 g/mol. The maximum Gasteiger partial charge on any atom is 0.262 e. The minimum absolute atomic E-state index is 0.00549. The van der Waals surface area contributed by atoms with Gasteiger partial charge < -0.3 is 15.4 Å². The van der Waals surface area contributed by atoms with Crippen LogP contribution in [0.5, 0.6) is 0 Å². The lowest BCUT2D eigenvalue weighted by molar-refractivity contribution is -0.137. The van der Waals surface area contributed by atoms with Gasteiger partial charge in [0, 0.05) is 38.5 Å². The van der Waals surface area contributed by atoms with Crippen molar-refractivity contribution in [1.29, 1.82) is 0 Å². The fourth-order valence-corrected chi connectivity index (χ4v) is 5.90. The second-order valence-corrected chi connectivity index (χ2v) is 9.33. The van der Waals surface area contributed by atoms with Gasteiger partial charge in [-0.05, 0) is 72.6 Å². The van der Waals surface area contributed by atoms with Crippen molar-refractivity contribution in [2.45, 2.75) is 43.7 Å². The van der Waals surface area contributed by atoms with Crippen LogP contribution in [0.1, 0.15) is 42.4 Å². The first-order valence-corrected chi connectivity index (χ1v) is 10.9. The van der Waals surface area contributed by atoms with Crippen molar-refractivity contribution >= 4 is 17.4 Å². The number of nitrogens with two attached hydrogens (primary N) is 1. The molecule has 0 bridgehead atoms. The summed E-state index contributed by atoms with van der Waals surface area (Å²) in [5.41, 5.74) is 10.3. The second kappa shape index (κ2) is 6.82. The highest BCUT2D eigenvalue weighted by atomic mass is 16.5. The van der Waals surface area contributed by atoms with Crippen LogP contribution in [0.15, 0.2) is 53.8 Å². The predicted molar refractivity (Wildman–Crippen MR) is 122 cm³/mol. The zero-order valence-corrected chi connectivity index (χ0v) is 18.5. The molecule has 162 valence electrons. The lowest BCUT2D eigenvalue weighted by Gasteiger charge is -2.45. The van der Waals surface area contributed by atoms with Crippen molar-refractivity contribution in [1.82, 2.24) is 9.80 Å². The highest BCUT2D eigenvalue weighted by molar-refractivity contribution is 6.08. The SMILES string of the molecule is C=C1C=C(c2ccc3c(c2)C2(N=C(N)N(C)C2=O)C2(CCC(OC)CC2)C3)C=CN1C. The molecule has 0 aromatic heterocycles. The fourth-order valence-electron chi connectivity index (χ4n) is 5.90. The van der Waals surface area contributed by atoms with Crippen LogP contribution in [-0.4, -0.2) is 49.0 Å². The van der Waals surface area contributed by atoms with E-state index < -0.39 is 5.54 Å². The molecule has 31 heavy (non-hydrogen) atoms. The number of nitrogens with zero attached hydrogens (tertiary/aromatic N) is 3. The average Bonchev–Trinajstić information content (AvgIpc) is 3.17. The summed E-state index contributed by atoms with van der Waals surface area (Å²) in [7, 11) is 5.49. The van der Waals surface area contributed by atoms with Crippen LogP contribution in [0.3, 0.4) is 0 Å². The lowest BCUT2D eigenvalue weighted by atomic mass is 9.61. The van der Waals surface area contributed by atoms with Gasteiger partial charge in [-0.1, -0.05) is 18.7 Å². The maximum atomic E-state index is 13.8. The summed E-state index contributed by atoms with van der Waals surface area (Å²) >= 11 is 0. The zero-order valence-electron chi connectivity index (χ0n) is 18.5. The number of allylic oxidation sites excluding steroid dienone is 3. The third kappa shape index (κ3) is 2.67. The number of methoxy groups -OCH3 is 1. The third-order valence-corrected chi connectivity index (χ3v) is 7.85. The maximum absolute atomic E-state index is 13.8. The second-order valence-electron chi connectivity index (χ2n) is 9.33. The molecule has 0 radical (unpaired) electrons. The first-order chi connectivity index (χ1) is 14.8. The van der Waals surface area contributed by atoms with Gasteiger partial charge in [0.25, 0.3) is 5.91 Å². The highest BCUT2D eigenvalue weighted by Gasteiger charge is 2.66. The summed E-state index contributed by atoms with van der Waals surface area (Å²) in [4.78, 5) is 22.2. The molecule has 1 amide bonds. The van der Waals surface area contributed by atoms with Crippen molar-refractivity contribution in [3.63, 3.8) is 0 Å². The number of fused-ring (bicyclic) bond motifs is 3. The van der Waals surface area contributed by atoms with Crippen LogP contribution in [0, 0.1) is 5.41 Å². The van der Waals surface area contributed by atoms with Gasteiger partial charge in [0.05, 0.1) is 6.10 Å². The van der Waals surface area contributed by atoms with Crippen LogP contribution in [-0.2, 0) is 21.5 Å². The molecule has 2 aliphatic carbocycles. The minimum atomic E-state index is -0.942. The molecule has 2 aliphatic heterocycles. The number of ether oxygens (including phenoxy) is 1. The Balaban J connectivity index is 1.64. The number of carbonyl (C=O) groups excluding carboxylic acids is 1. The molecular formula is C25H30N4O2. The summed E-state index contributed by atoms with van der Waals surface area (Å²) in [5.74, 6) is 0.303. The Morgan fingerprint density at radius 1 is 1.26 bits per heavy atom. The van der Waals surface area contributed by atoms with E-state index in [9.17, 15) is 4.79 Å². The molecule has 6 heteroatoms. The Morgan fingerprint density at radius 2 is 2.00 bits per heavy atom. The van der Waals surface area contributed by atoms with Crippen LogP contribution in [0.2, 0.25) is 0 Å². The molecule has 2 heterocycles. The molecule has 6 nitrogen and oxygen atoms in total. The predicted octanol–water partition coefficient (Wildman–Crippen LogP) is 3.16. The Hall–Kier alpha value is -2.86. The lowest BCUT2D eigenvalue weighted by Crippen LogP contribution is -2.51. The molecule has 1 fully saturated rings. The molecule has 1 saturated carbocycles. The van der Waals surface area contributed by atoms with E-state index in [2.05, 4.69) is 36.9 Å². The Morgan fingerprint density at radius 3 is 2.61 bits per heavy atom. The van der Waals surface area contributed by atoms with Gasteiger partial charge in [0.1, 0.15) is 0 Å². The number of hydrogen-bond donors (Lipinski definition) is 1. The van der Waals surface area contributed by atoms with Crippen LogP contribution in [0.25, 0.3) is 5.57 Å². The molecule has 5 rings (SSSR count). The van der Waals surface area contributed by atoms with E-state index in [1.165, 1.54) is 10.5 Å². The van der Waals surface area contributed by atoms with E-state index in [1.807, 2.05) is 18.1 Å². The third-order valence-electron chi connectivity index (χ3n) is 7.85. The van der Waals surface area contributed by atoms with E-state index in [0.29, 0.717) is 5.96 Å². The van der Waals surface area contributed by atoms with Crippen LogP contribution < -0.4 is 5.73 Å². The van der Waals surface area contributed by atoms with Crippen LogP contribution >= 0.6 is 0 Å². The van der Waals surface area contributed by atoms with Crippen LogP contribution in [0.4, 0.5) is 0 Å². The van der Waals surface area contributed by atoms with E-state index in [1.54, 1.807) is 14.2 Å². The molecule has 1 aromatic carbocycles. The van der Waals surface area contributed by atoms with Crippen molar-refractivity contribution in [3.8, 4) is 0 Å². The molecule has 1 aromatic rings. The number of aliphatic imine (C=N–C) groups is 1. The molecule has 0 saturated heterocycles. The normalized spacial score (nSPS) is 32.2. The number of likely N-dealkylation sites (N-methyl/N-ethyl adjacent to an activating group) is 2. The summed E-state index contributed by atoms with van der Waals surface area (Å²) in [6.45, 7) is 4.12. The van der Waals surface area contributed by atoms with Gasteiger partial charge in [-0.2, -0.15) is 0 Å². The number of carbonyl (C=O) groups is 1. The molecule has 4 aliphatic rings. The number of amides is 1. The van der Waals surface area contributed by atoms with Gasteiger partial charge in [-0.15, -0.1) is 0 Å². The molecule has 1 unspecified atom stereocenters. The van der Waals surface area contributed by atoms with E-state index in [4.69, 9.17) is 15.5 Å². The fraction of sp³-hybridized carbons (Fsp3) is 0.440. The Bertz CT molecular complexity index is 1060. The smallest absolute Gasteiger partial charge is 0.262 e. The first-order valence-electron chi connectivity index (χ1n) is 10.9. The van der Waals surface area contributed by atoms with E-state index in [-0.39, 0.29) is 17.4 Å². The molecular weight excluding hydrogens is 388 g/mol. The molecule has 1 atom stereocenters. The Kier molecular flexibility index (Phi) is 4.42. The first kappa shape index (κ1) is 20.1. The van der Waals surface area contributed by atoms with Crippen molar-refractivity contribution < 1.29 is 9.53 Å². The van der Waals surface area contributed by atoms with Gasteiger partial charge in [0.15, 0.2) is 11.5 Å². The van der Waals surface area contributed by atoms with Crippen molar-refractivity contribution in [2.75, 3.05) is 21.2 Å². The number of guanidine groups is 1. The summed E-state index contributed by atoms with van der Waals surface area (Å²) < 4.78 is 5.63. The van der Waals surface area contributed by atoms with Crippen molar-refractivity contribution in [2.24, 2.45) is 16.1 Å². The number of benzene rings is 1. The topological polar surface area (TPSA) is 71.2 Å². The standard InChI is InChI=1S/C25H30N4O2/c1-16-13-18(9-12-28(16)2)17-5-6-19-15-24(10-7-20(31-4)8-11-24)25(21(19)14-17)22(30)29(3)23(26)27-25/h5-6,9,12-14,20H,1,7-8,10-11,15H2,2-4H3,(H2,26,27). The van der Waals surface area contributed by atoms with E-state index in [0.717, 1.165) is 54.5 Å². The minimum Gasteiger partial charge on any atom is -0.381 e. The van der Waals surface area contributed by atoms with Crippen molar-refractivity contribution in [3.05, 3.63) is 65.5 Å². The monoisotopic (exact) mass is 418 g/mol. The quantitative estimate of drug-likeness (QED) is 0.801. The molecule has 2 N–H and O–H groups in total. The largest absolute Gasteiger partial charge is 0.381 e. The van der Waals surface area contributed by atoms with Gasteiger partial charge in [0.2, 0.25) is 0 Å². The summed E-state index contributed by atoms with van der Waals surface area (Å²) in [5, 5.41) is 0. The summed E-state index contributed by atoms with van der Waals surface area (Å²) in [6, 6.07) is 6.49. The Labute approximate surface area is 183 Å². The number of hydrogen-bond acceptors (Lipinski definition) is 5. The highest BCUT2D eigenvalue weighted by Crippen LogP contribution is 2.62. The van der Waals surface area contributed by atoms with Gasteiger partial charge in [-0.3, -0.25) is 9.69 Å². The molecule has 2 spiro atoms.